The molecule has 1 fully saturated rings. The molecule has 2 aliphatic heterocycles. The van der Waals surface area contributed by atoms with Crippen LogP contribution in [0.2, 0.25) is 0 Å². The molecule has 0 aromatic rings. The first-order chi connectivity index (χ1) is 5.38. The van der Waals surface area contributed by atoms with Crippen molar-refractivity contribution in [3.05, 3.63) is 24.4 Å². The SMILES string of the molecule is O=C1C=CC=CN2CCCC12. The van der Waals surface area contributed by atoms with Gasteiger partial charge < -0.3 is 4.90 Å². The van der Waals surface area contributed by atoms with Crippen LogP contribution in [0.25, 0.3) is 0 Å². The van der Waals surface area contributed by atoms with E-state index in [4.69, 9.17) is 0 Å². The number of carbonyl (C=O) groups is 1. The summed E-state index contributed by atoms with van der Waals surface area (Å²) >= 11 is 0. The fourth-order valence-corrected chi connectivity index (χ4v) is 1.69. The minimum atomic E-state index is 0.144. The van der Waals surface area contributed by atoms with E-state index in [0.717, 1.165) is 19.4 Å². The number of allylic oxidation sites excluding steroid dienone is 2. The van der Waals surface area contributed by atoms with Crippen LogP contribution >= 0.6 is 0 Å². The number of fused-ring (bicyclic) bond motifs is 1. The quantitative estimate of drug-likeness (QED) is 0.514. The molecule has 0 bridgehead atoms. The molecule has 0 saturated carbocycles. The van der Waals surface area contributed by atoms with Crippen molar-refractivity contribution in [3.8, 4) is 0 Å². The van der Waals surface area contributed by atoms with Crippen LogP contribution in [0.1, 0.15) is 12.8 Å². The molecule has 2 rings (SSSR count). The van der Waals surface area contributed by atoms with Crippen LogP contribution in [-0.2, 0) is 4.79 Å². The third-order valence-corrected chi connectivity index (χ3v) is 2.27. The van der Waals surface area contributed by atoms with Crippen LogP contribution in [0.4, 0.5) is 0 Å². The molecule has 2 nitrogen and oxygen atoms in total. The van der Waals surface area contributed by atoms with Gasteiger partial charge in [-0.05, 0) is 31.2 Å². The Morgan fingerprint density at radius 1 is 1.45 bits per heavy atom. The summed E-state index contributed by atoms with van der Waals surface area (Å²) in [5.41, 5.74) is 0. The van der Waals surface area contributed by atoms with E-state index in [9.17, 15) is 4.79 Å². The highest BCUT2D eigenvalue weighted by molar-refractivity contribution is 5.95. The van der Waals surface area contributed by atoms with Crippen molar-refractivity contribution in [1.29, 1.82) is 0 Å². The summed E-state index contributed by atoms with van der Waals surface area (Å²) in [7, 11) is 0. The number of rotatable bonds is 0. The molecule has 1 saturated heterocycles. The van der Waals surface area contributed by atoms with Crippen molar-refractivity contribution in [2.24, 2.45) is 0 Å². The second kappa shape index (κ2) is 2.53. The zero-order valence-electron chi connectivity index (χ0n) is 6.36. The van der Waals surface area contributed by atoms with Crippen LogP contribution in [0.3, 0.4) is 0 Å². The molecule has 0 N–H and O–H groups in total. The summed E-state index contributed by atoms with van der Waals surface area (Å²) < 4.78 is 0. The summed E-state index contributed by atoms with van der Waals surface area (Å²) in [6.45, 7) is 1.04. The number of nitrogens with zero attached hydrogens (tertiary/aromatic N) is 1. The molecular weight excluding hydrogens is 138 g/mol. The van der Waals surface area contributed by atoms with Gasteiger partial charge in [0.1, 0.15) is 0 Å². The van der Waals surface area contributed by atoms with Gasteiger partial charge in [-0.25, -0.2) is 0 Å². The Bertz CT molecular complexity index is 230. The van der Waals surface area contributed by atoms with Gasteiger partial charge in [0.2, 0.25) is 0 Å². The van der Waals surface area contributed by atoms with E-state index in [1.165, 1.54) is 0 Å². The third kappa shape index (κ3) is 1.09. The maximum Gasteiger partial charge on any atom is 0.178 e. The van der Waals surface area contributed by atoms with Crippen molar-refractivity contribution < 1.29 is 4.79 Å². The van der Waals surface area contributed by atoms with E-state index in [1.807, 2.05) is 18.4 Å². The maximum absolute atomic E-state index is 11.3. The lowest BCUT2D eigenvalue weighted by Crippen LogP contribution is -2.29. The number of ketones is 1. The van der Waals surface area contributed by atoms with Gasteiger partial charge in [-0.15, -0.1) is 0 Å². The lowest BCUT2D eigenvalue weighted by Gasteiger charge is -2.18. The van der Waals surface area contributed by atoms with Crippen molar-refractivity contribution >= 4 is 5.78 Å². The van der Waals surface area contributed by atoms with Crippen LogP contribution in [-0.4, -0.2) is 23.3 Å². The number of hydrogen-bond donors (Lipinski definition) is 0. The molecule has 0 aliphatic carbocycles. The van der Waals surface area contributed by atoms with Crippen LogP contribution < -0.4 is 0 Å². The number of carbonyl (C=O) groups excluding carboxylic acids is 1. The summed E-state index contributed by atoms with van der Waals surface area (Å²) in [5, 5.41) is 0. The number of hydrogen-bond acceptors (Lipinski definition) is 2. The normalized spacial score (nSPS) is 28.9. The molecule has 0 radical (unpaired) electrons. The second-order valence-electron chi connectivity index (χ2n) is 3.00. The van der Waals surface area contributed by atoms with Gasteiger partial charge in [-0.3, -0.25) is 4.79 Å². The Morgan fingerprint density at radius 2 is 2.36 bits per heavy atom. The van der Waals surface area contributed by atoms with E-state index < -0.39 is 0 Å². The zero-order valence-corrected chi connectivity index (χ0v) is 6.36. The molecule has 2 heterocycles. The molecule has 2 heteroatoms. The first-order valence-electron chi connectivity index (χ1n) is 4.02. The third-order valence-electron chi connectivity index (χ3n) is 2.27. The maximum atomic E-state index is 11.3. The monoisotopic (exact) mass is 149 g/mol. The molecule has 1 unspecified atom stereocenters. The predicted molar refractivity (Wildman–Crippen MR) is 43.0 cm³/mol. The fourth-order valence-electron chi connectivity index (χ4n) is 1.69. The first kappa shape index (κ1) is 6.65. The smallest absolute Gasteiger partial charge is 0.178 e. The molecule has 0 aromatic heterocycles. The van der Waals surface area contributed by atoms with E-state index in [-0.39, 0.29) is 11.8 Å². The molecular formula is C9H11NO. The lowest BCUT2D eigenvalue weighted by molar-refractivity contribution is -0.117. The van der Waals surface area contributed by atoms with Gasteiger partial charge in [0.05, 0.1) is 6.04 Å². The van der Waals surface area contributed by atoms with Crippen molar-refractivity contribution in [2.45, 2.75) is 18.9 Å². The Balaban J connectivity index is 2.25. The van der Waals surface area contributed by atoms with Crippen molar-refractivity contribution in [2.75, 3.05) is 6.54 Å². The van der Waals surface area contributed by atoms with Gasteiger partial charge in [-0.1, -0.05) is 6.08 Å². The summed E-state index contributed by atoms with van der Waals surface area (Å²) in [4.78, 5) is 13.5. The van der Waals surface area contributed by atoms with Gasteiger partial charge in [0.25, 0.3) is 0 Å². The van der Waals surface area contributed by atoms with Crippen molar-refractivity contribution in [3.63, 3.8) is 0 Å². The van der Waals surface area contributed by atoms with E-state index in [1.54, 1.807) is 6.08 Å². The van der Waals surface area contributed by atoms with Gasteiger partial charge in [-0.2, -0.15) is 0 Å². The van der Waals surface area contributed by atoms with E-state index in [0.29, 0.717) is 0 Å². The molecule has 11 heavy (non-hydrogen) atoms. The predicted octanol–water partition coefficient (Wildman–Crippen LogP) is 1.10. The highest BCUT2D eigenvalue weighted by Crippen LogP contribution is 2.20. The molecule has 2 aliphatic rings. The summed E-state index contributed by atoms with van der Waals surface area (Å²) in [6.07, 6.45) is 9.61. The van der Waals surface area contributed by atoms with Gasteiger partial charge >= 0.3 is 0 Å². The molecule has 0 aromatic carbocycles. The summed E-state index contributed by atoms with van der Waals surface area (Å²) in [5.74, 6) is 0.257. The zero-order chi connectivity index (χ0) is 7.68. The topological polar surface area (TPSA) is 20.3 Å². The van der Waals surface area contributed by atoms with Gasteiger partial charge in [0.15, 0.2) is 5.78 Å². The van der Waals surface area contributed by atoms with Crippen LogP contribution in [0.5, 0.6) is 0 Å². The molecule has 58 valence electrons. The minimum absolute atomic E-state index is 0.144. The Labute approximate surface area is 66.2 Å². The van der Waals surface area contributed by atoms with Gasteiger partial charge in [0, 0.05) is 6.54 Å². The van der Waals surface area contributed by atoms with E-state index in [2.05, 4.69) is 4.90 Å². The second-order valence-corrected chi connectivity index (χ2v) is 3.00. The largest absolute Gasteiger partial charge is 0.367 e. The minimum Gasteiger partial charge on any atom is -0.367 e. The molecule has 1 atom stereocenters. The van der Waals surface area contributed by atoms with Crippen LogP contribution in [0, 0.1) is 0 Å². The Morgan fingerprint density at radius 3 is 3.27 bits per heavy atom. The highest BCUT2D eigenvalue weighted by Gasteiger charge is 2.27. The highest BCUT2D eigenvalue weighted by atomic mass is 16.1. The molecule has 0 amide bonds. The standard InChI is InChI=1S/C9H11NO/c11-9-5-1-2-6-10-7-3-4-8(9)10/h1-2,5-6,8H,3-4,7H2. The Hall–Kier alpha value is -1.05. The average Bonchev–Trinajstić information content (AvgIpc) is 2.40. The fraction of sp³-hybridized carbons (Fsp3) is 0.444. The van der Waals surface area contributed by atoms with E-state index >= 15 is 0 Å². The Kier molecular flexibility index (Phi) is 1.53. The summed E-state index contributed by atoms with van der Waals surface area (Å²) in [6, 6.07) is 0.144. The average molecular weight is 149 g/mol. The van der Waals surface area contributed by atoms with Crippen molar-refractivity contribution in [1.82, 2.24) is 4.90 Å². The molecule has 0 spiro atoms. The first-order valence-corrected chi connectivity index (χ1v) is 4.02. The lowest BCUT2D eigenvalue weighted by atomic mass is 10.1. The van der Waals surface area contributed by atoms with Crippen LogP contribution in [0.15, 0.2) is 24.4 Å².